The second-order valence-corrected chi connectivity index (χ2v) is 5.13. The summed E-state index contributed by atoms with van der Waals surface area (Å²) in [6.45, 7) is 3.66. The van der Waals surface area contributed by atoms with E-state index in [9.17, 15) is 9.59 Å². The van der Waals surface area contributed by atoms with E-state index in [0.717, 1.165) is 5.56 Å². The SMILES string of the molecule is Cc1ccc(O[C@@H](C)C(=O)Nc2ccc(NC(N)=O)cc2)cc1. The van der Waals surface area contributed by atoms with E-state index in [-0.39, 0.29) is 5.91 Å². The number of anilines is 2. The molecule has 0 saturated heterocycles. The largest absolute Gasteiger partial charge is 0.481 e. The summed E-state index contributed by atoms with van der Waals surface area (Å²) in [4.78, 5) is 22.9. The summed E-state index contributed by atoms with van der Waals surface area (Å²) in [6.07, 6.45) is -0.638. The third-order valence-electron chi connectivity index (χ3n) is 3.12. The highest BCUT2D eigenvalue weighted by molar-refractivity contribution is 5.94. The fourth-order valence-electron chi connectivity index (χ4n) is 1.90. The summed E-state index contributed by atoms with van der Waals surface area (Å²) in [5.41, 5.74) is 7.31. The van der Waals surface area contributed by atoms with Gasteiger partial charge in [-0.3, -0.25) is 4.79 Å². The predicted octanol–water partition coefficient (Wildman–Crippen LogP) is 2.89. The van der Waals surface area contributed by atoms with Crippen LogP contribution < -0.4 is 21.1 Å². The molecular formula is C17H19N3O3. The van der Waals surface area contributed by atoms with Gasteiger partial charge in [-0.25, -0.2) is 4.79 Å². The van der Waals surface area contributed by atoms with E-state index in [2.05, 4.69) is 10.6 Å². The van der Waals surface area contributed by atoms with Crippen LogP contribution in [-0.4, -0.2) is 18.0 Å². The second-order valence-electron chi connectivity index (χ2n) is 5.13. The van der Waals surface area contributed by atoms with E-state index in [4.69, 9.17) is 10.5 Å². The predicted molar refractivity (Wildman–Crippen MR) is 89.5 cm³/mol. The number of hydrogen-bond acceptors (Lipinski definition) is 3. The monoisotopic (exact) mass is 313 g/mol. The first-order valence-corrected chi connectivity index (χ1v) is 7.15. The van der Waals surface area contributed by atoms with Gasteiger partial charge in [0.05, 0.1) is 0 Å². The number of ether oxygens (including phenoxy) is 1. The van der Waals surface area contributed by atoms with Crippen LogP contribution in [-0.2, 0) is 4.79 Å². The Labute approximate surface area is 134 Å². The van der Waals surface area contributed by atoms with E-state index < -0.39 is 12.1 Å². The molecule has 0 spiro atoms. The molecule has 6 heteroatoms. The number of carbonyl (C=O) groups is 2. The second kappa shape index (κ2) is 7.31. The number of hydrogen-bond donors (Lipinski definition) is 3. The lowest BCUT2D eigenvalue weighted by Crippen LogP contribution is -2.30. The number of rotatable bonds is 5. The van der Waals surface area contributed by atoms with Crippen molar-refractivity contribution in [2.24, 2.45) is 5.73 Å². The fraction of sp³-hybridized carbons (Fsp3) is 0.176. The van der Waals surface area contributed by atoms with Gasteiger partial charge in [0.2, 0.25) is 0 Å². The van der Waals surface area contributed by atoms with Crippen molar-refractivity contribution in [2.75, 3.05) is 10.6 Å². The number of primary amides is 1. The molecule has 0 aliphatic heterocycles. The maximum Gasteiger partial charge on any atom is 0.316 e. The summed E-state index contributed by atoms with van der Waals surface area (Å²) in [6, 6.07) is 13.5. The lowest BCUT2D eigenvalue weighted by atomic mass is 10.2. The number of urea groups is 1. The van der Waals surface area contributed by atoms with Crippen molar-refractivity contribution in [1.82, 2.24) is 0 Å². The molecule has 3 amide bonds. The zero-order valence-electron chi connectivity index (χ0n) is 13.0. The highest BCUT2D eigenvalue weighted by atomic mass is 16.5. The van der Waals surface area contributed by atoms with Crippen molar-refractivity contribution in [3.8, 4) is 5.75 Å². The van der Waals surface area contributed by atoms with Crippen LogP contribution in [0.2, 0.25) is 0 Å². The number of nitrogens with one attached hydrogen (secondary N) is 2. The van der Waals surface area contributed by atoms with Crippen molar-refractivity contribution in [1.29, 1.82) is 0 Å². The lowest BCUT2D eigenvalue weighted by Gasteiger charge is -2.15. The van der Waals surface area contributed by atoms with Gasteiger partial charge in [-0.1, -0.05) is 17.7 Å². The Kier molecular flexibility index (Phi) is 5.19. The van der Waals surface area contributed by atoms with Gasteiger partial charge < -0.3 is 21.1 Å². The highest BCUT2D eigenvalue weighted by Crippen LogP contribution is 2.16. The van der Waals surface area contributed by atoms with Gasteiger partial charge in [0.25, 0.3) is 5.91 Å². The molecule has 2 aromatic carbocycles. The molecular weight excluding hydrogens is 294 g/mol. The molecule has 4 N–H and O–H groups in total. The van der Waals surface area contributed by atoms with Crippen LogP contribution in [0, 0.1) is 6.92 Å². The molecule has 23 heavy (non-hydrogen) atoms. The normalized spacial score (nSPS) is 11.4. The molecule has 0 unspecified atom stereocenters. The minimum atomic E-state index is -0.638. The Hall–Kier alpha value is -3.02. The smallest absolute Gasteiger partial charge is 0.316 e. The first kappa shape index (κ1) is 16.4. The quantitative estimate of drug-likeness (QED) is 0.792. The first-order chi connectivity index (χ1) is 10.9. The number of benzene rings is 2. The molecule has 0 saturated carbocycles. The maximum atomic E-state index is 12.1. The van der Waals surface area contributed by atoms with Crippen molar-refractivity contribution >= 4 is 23.3 Å². The zero-order chi connectivity index (χ0) is 16.8. The van der Waals surface area contributed by atoms with Gasteiger partial charge in [0.1, 0.15) is 5.75 Å². The Morgan fingerprint density at radius 1 is 0.957 bits per heavy atom. The van der Waals surface area contributed by atoms with Gasteiger partial charge in [-0.15, -0.1) is 0 Å². The van der Waals surface area contributed by atoms with Gasteiger partial charge in [0, 0.05) is 11.4 Å². The highest BCUT2D eigenvalue weighted by Gasteiger charge is 2.14. The van der Waals surface area contributed by atoms with Gasteiger partial charge in [-0.05, 0) is 50.2 Å². The zero-order valence-corrected chi connectivity index (χ0v) is 13.0. The van der Waals surface area contributed by atoms with Crippen LogP contribution in [0.15, 0.2) is 48.5 Å². The Bertz CT molecular complexity index is 681. The van der Waals surface area contributed by atoms with E-state index >= 15 is 0 Å². The molecule has 0 heterocycles. The van der Waals surface area contributed by atoms with E-state index in [1.54, 1.807) is 31.2 Å². The Morgan fingerprint density at radius 2 is 1.48 bits per heavy atom. The van der Waals surface area contributed by atoms with Crippen LogP contribution >= 0.6 is 0 Å². The minimum absolute atomic E-state index is 0.263. The standard InChI is InChI=1S/C17H19N3O3/c1-11-3-9-15(10-4-11)23-12(2)16(21)19-13-5-7-14(8-6-13)20-17(18)22/h3-10,12H,1-2H3,(H,19,21)(H3,18,20,22)/t12-/m0/s1. The molecule has 2 rings (SSSR count). The average molecular weight is 313 g/mol. The number of aryl methyl sites for hydroxylation is 1. The average Bonchev–Trinajstić information content (AvgIpc) is 2.51. The van der Waals surface area contributed by atoms with Crippen LogP contribution in [0.25, 0.3) is 0 Å². The van der Waals surface area contributed by atoms with Crippen LogP contribution in [0.1, 0.15) is 12.5 Å². The van der Waals surface area contributed by atoms with E-state index in [1.807, 2.05) is 31.2 Å². The van der Waals surface area contributed by atoms with E-state index in [0.29, 0.717) is 17.1 Å². The fourth-order valence-corrected chi connectivity index (χ4v) is 1.90. The summed E-state index contributed by atoms with van der Waals surface area (Å²) in [7, 11) is 0. The number of nitrogens with two attached hydrogens (primary N) is 1. The first-order valence-electron chi connectivity index (χ1n) is 7.15. The summed E-state index contributed by atoms with van der Waals surface area (Å²) < 4.78 is 5.59. The summed E-state index contributed by atoms with van der Waals surface area (Å²) in [5.74, 6) is 0.375. The van der Waals surface area contributed by atoms with Gasteiger partial charge in [-0.2, -0.15) is 0 Å². The molecule has 0 aromatic heterocycles. The van der Waals surface area contributed by atoms with Crippen molar-refractivity contribution in [3.63, 3.8) is 0 Å². The summed E-state index contributed by atoms with van der Waals surface area (Å²) in [5, 5.41) is 5.19. The van der Waals surface area contributed by atoms with Gasteiger partial charge >= 0.3 is 6.03 Å². The molecule has 0 aliphatic carbocycles. The Balaban J connectivity index is 1.92. The molecule has 0 fully saturated rings. The molecule has 2 aromatic rings. The summed E-state index contributed by atoms with van der Waals surface area (Å²) >= 11 is 0. The number of amides is 3. The maximum absolute atomic E-state index is 12.1. The van der Waals surface area contributed by atoms with E-state index in [1.165, 1.54) is 0 Å². The van der Waals surface area contributed by atoms with Gasteiger partial charge in [0.15, 0.2) is 6.10 Å². The molecule has 0 bridgehead atoms. The van der Waals surface area contributed by atoms with Crippen LogP contribution in [0.3, 0.4) is 0 Å². The minimum Gasteiger partial charge on any atom is -0.481 e. The molecule has 1 atom stereocenters. The third kappa shape index (κ3) is 5.03. The van der Waals surface area contributed by atoms with Crippen molar-refractivity contribution in [3.05, 3.63) is 54.1 Å². The molecule has 0 radical (unpaired) electrons. The lowest BCUT2D eigenvalue weighted by molar-refractivity contribution is -0.122. The number of carbonyl (C=O) groups excluding carboxylic acids is 2. The van der Waals surface area contributed by atoms with Crippen LogP contribution in [0.5, 0.6) is 5.75 Å². The van der Waals surface area contributed by atoms with Crippen molar-refractivity contribution in [2.45, 2.75) is 20.0 Å². The molecule has 6 nitrogen and oxygen atoms in total. The van der Waals surface area contributed by atoms with Crippen LogP contribution in [0.4, 0.5) is 16.2 Å². The van der Waals surface area contributed by atoms with Crippen molar-refractivity contribution < 1.29 is 14.3 Å². The topological polar surface area (TPSA) is 93.4 Å². The molecule has 120 valence electrons. The third-order valence-corrected chi connectivity index (χ3v) is 3.12. The molecule has 0 aliphatic rings. The Morgan fingerprint density at radius 3 is 2.00 bits per heavy atom.